The van der Waals surface area contributed by atoms with Crippen LogP contribution in [0.1, 0.15) is 33.1 Å². The lowest BCUT2D eigenvalue weighted by atomic mass is 10.1. The Morgan fingerprint density at radius 2 is 1.80 bits per heavy atom. The Bertz CT molecular complexity index is 186. The average Bonchev–Trinajstić information content (AvgIpc) is 2.24. The van der Waals surface area contributed by atoms with Crippen molar-refractivity contribution in [3.63, 3.8) is 0 Å². The highest BCUT2D eigenvalue weighted by Gasteiger charge is 2.19. The Morgan fingerprint density at radius 1 is 1.20 bits per heavy atom. The zero-order valence-electron chi connectivity index (χ0n) is 9.31. The fourth-order valence-electron chi connectivity index (χ4n) is 1.08. The van der Waals surface area contributed by atoms with E-state index in [1.54, 1.807) is 13.8 Å². The van der Waals surface area contributed by atoms with Gasteiger partial charge in [0.1, 0.15) is 0 Å². The second-order valence-corrected chi connectivity index (χ2v) is 3.59. The van der Waals surface area contributed by atoms with Crippen LogP contribution in [-0.4, -0.2) is 46.1 Å². The maximum atomic E-state index is 10.9. The number of amides is 1. The van der Waals surface area contributed by atoms with E-state index < -0.39 is 18.3 Å². The van der Waals surface area contributed by atoms with Crippen molar-refractivity contribution in [3.8, 4) is 0 Å². The third-order valence-electron chi connectivity index (χ3n) is 2.26. The molecule has 0 radical (unpaired) electrons. The summed E-state index contributed by atoms with van der Waals surface area (Å²) in [5.74, 6) is -0.169. The van der Waals surface area contributed by atoms with Gasteiger partial charge in [-0.15, -0.1) is 0 Å². The Balaban J connectivity index is 3.78. The number of carbonyl (C=O) groups excluding carboxylic acids is 1. The number of aliphatic hydroxyl groups is 3. The van der Waals surface area contributed by atoms with Gasteiger partial charge in [0.15, 0.2) is 0 Å². The van der Waals surface area contributed by atoms with Crippen LogP contribution >= 0.6 is 0 Å². The summed E-state index contributed by atoms with van der Waals surface area (Å²) in [5, 5.41) is 30.6. The molecule has 0 rings (SSSR count). The molecule has 3 atom stereocenters. The van der Waals surface area contributed by atoms with Crippen molar-refractivity contribution in [1.29, 1.82) is 0 Å². The maximum absolute atomic E-state index is 10.9. The van der Waals surface area contributed by atoms with Gasteiger partial charge in [-0.25, -0.2) is 0 Å². The van der Waals surface area contributed by atoms with E-state index in [1.165, 1.54) is 0 Å². The summed E-state index contributed by atoms with van der Waals surface area (Å²) in [7, 11) is 0. The van der Waals surface area contributed by atoms with Gasteiger partial charge in [0.25, 0.3) is 0 Å². The standard InChI is InChI=1S/C10H21NO4/c1-3-7(12)5-8(13)9(14)6-11-10(15)4-2/h7-9,12-14H,3-6H2,1-2H3,(H,11,15)/t7?,8-,9-/m0/s1. The number of rotatable bonds is 7. The van der Waals surface area contributed by atoms with Crippen LogP contribution in [0.4, 0.5) is 0 Å². The minimum Gasteiger partial charge on any atom is -0.393 e. The zero-order chi connectivity index (χ0) is 11.8. The second kappa shape index (κ2) is 7.62. The number of nitrogens with one attached hydrogen (secondary N) is 1. The normalized spacial score (nSPS) is 16.9. The molecule has 0 aromatic carbocycles. The highest BCUT2D eigenvalue weighted by Crippen LogP contribution is 2.05. The molecule has 0 aliphatic carbocycles. The van der Waals surface area contributed by atoms with Gasteiger partial charge in [0, 0.05) is 19.4 Å². The van der Waals surface area contributed by atoms with E-state index >= 15 is 0 Å². The number of aliphatic hydroxyl groups excluding tert-OH is 3. The first-order valence-electron chi connectivity index (χ1n) is 5.32. The molecule has 90 valence electrons. The van der Waals surface area contributed by atoms with E-state index in [0.717, 1.165) is 0 Å². The van der Waals surface area contributed by atoms with Crippen LogP contribution in [0.2, 0.25) is 0 Å². The van der Waals surface area contributed by atoms with Crippen LogP contribution in [0.5, 0.6) is 0 Å². The van der Waals surface area contributed by atoms with E-state index in [-0.39, 0.29) is 18.9 Å². The van der Waals surface area contributed by atoms with Crippen molar-refractivity contribution < 1.29 is 20.1 Å². The number of carbonyl (C=O) groups is 1. The minimum atomic E-state index is -1.03. The van der Waals surface area contributed by atoms with Crippen molar-refractivity contribution in [2.45, 2.75) is 51.4 Å². The quantitative estimate of drug-likeness (QED) is 0.460. The highest BCUT2D eigenvalue weighted by atomic mass is 16.3. The summed E-state index contributed by atoms with van der Waals surface area (Å²) in [6, 6.07) is 0. The monoisotopic (exact) mass is 219 g/mol. The zero-order valence-corrected chi connectivity index (χ0v) is 9.31. The van der Waals surface area contributed by atoms with Crippen LogP contribution < -0.4 is 5.32 Å². The van der Waals surface area contributed by atoms with Gasteiger partial charge in [-0.1, -0.05) is 13.8 Å². The first-order chi connectivity index (χ1) is 7.01. The molecular weight excluding hydrogens is 198 g/mol. The second-order valence-electron chi connectivity index (χ2n) is 3.59. The molecule has 0 aliphatic rings. The fourth-order valence-corrected chi connectivity index (χ4v) is 1.08. The summed E-state index contributed by atoms with van der Waals surface area (Å²) in [4.78, 5) is 10.9. The summed E-state index contributed by atoms with van der Waals surface area (Å²) in [6.07, 6.45) is -1.64. The first kappa shape index (κ1) is 14.3. The summed E-state index contributed by atoms with van der Waals surface area (Å²) < 4.78 is 0. The van der Waals surface area contributed by atoms with E-state index in [2.05, 4.69) is 5.32 Å². The van der Waals surface area contributed by atoms with Crippen molar-refractivity contribution in [1.82, 2.24) is 5.32 Å². The van der Waals surface area contributed by atoms with Gasteiger partial charge in [0.05, 0.1) is 18.3 Å². The highest BCUT2D eigenvalue weighted by molar-refractivity contribution is 5.75. The van der Waals surface area contributed by atoms with Crippen molar-refractivity contribution in [2.24, 2.45) is 0 Å². The van der Waals surface area contributed by atoms with Gasteiger partial charge in [0.2, 0.25) is 5.91 Å². The Labute approximate surface area is 90.1 Å². The van der Waals surface area contributed by atoms with Gasteiger partial charge in [-0.2, -0.15) is 0 Å². The molecule has 5 nitrogen and oxygen atoms in total. The summed E-state index contributed by atoms with van der Waals surface area (Å²) in [6.45, 7) is 3.52. The van der Waals surface area contributed by atoms with E-state index in [9.17, 15) is 20.1 Å². The van der Waals surface area contributed by atoms with Crippen molar-refractivity contribution >= 4 is 5.91 Å². The van der Waals surface area contributed by atoms with Gasteiger partial charge in [-0.05, 0) is 6.42 Å². The lowest BCUT2D eigenvalue weighted by molar-refractivity contribution is -0.121. The van der Waals surface area contributed by atoms with Crippen LogP contribution in [0.25, 0.3) is 0 Å². The Kier molecular flexibility index (Phi) is 7.29. The van der Waals surface area contributed by atoms with E-state index in [0.29, 0.717) is 12.8 Å². The molecule has 4 N–H and O–H groups in total. The molecule has 0 fully saturated rings. The van der Waals surface area contributed by atoms with Crippen LogP contribution in [0, 0.1) is 0 Å². The Hall–Kier alpha value is -0.650. The largest absolute Gasteiger partial charge is 0.393 e. The van der Waals surface area contributed by atoms with E-state index in [1.807, 2.05) is 0 Å². The fraction of sp³-hybridized carbons (Fsp3) is 0.900. The molecule has 0 heterocycles. The SMILES string of the molecule is CCC(=O)NC[C@H](O)[C@@H](O)CC(O)CC. The lowest BCUT2D eigenvalue weighted by Crippen LogP contribution is -2.40. The topological polar surface area (TPSA) is 89.8 Å². The molecule has 5 heteroatoms. The van der Waals surface area contributed by atoms with Crippen LogP contribution in [0.15, 0.2) is 0 Å². The van der Waals surface area contributed by atoms with Gasteiger partial charge in [-0.3, -0.25) is 4.79 Å². The minimum absolute atomic E-state index is 0.0181. The molecule has 0 spiro atoms. The average molecular weight is 219 g/mol. The lowest BCUT2D eigenvalue weighted by Gasteiger charge is -2.20. The molecule has 1 amide bonds. The third-order valence-corrected chi connectivity index (χ3v) is 2.26. The molecule has 0 saturated heterocycles. The molecule has 0 aromatic heterocycles. The van der Waals surface area contributed by atoms with Gasteiger partial charge >= 0.3 is 0 Å². The smallest absolute Gasteiger partial charge is 0.219 e. The van der Waals surface area contributed by atoms with Gasteiger partial charge < -0.3 is 20.6 Å². The number of hydrogen-bond acceptors (Lipinski definition) is 4. The van der Waals surface area contributed by atoms with Crippen molar-refractivity contribution in [3.05, 3.63) is 0 Å². The first-order valence-corrected chi connectivity index (χ1v) is 5.32. The third kappa shape index (κ3) is 6.43. The maximum Gasteiger partial charge on any atom is 0.219 e. The Morgan fingerprint density at radius 3 is 2.27 bits per heavy atom. The number of hydrogen-bond donors (Lipinski definition) is 4. The molecule has 0 bridgehead atoms. The van der Waals surface area contributed by atoms with Crippen LogP contribution in [-0.2, 0) is 4.79 Å². The predicted octanol–water partition coefficient (Wildman–Crippen LogP) is -0.605. The molecule has 0 saturated carbocycles. The molecular formula is C10H21NO4. The summed E-state index contributed by atoms with van der Waals surface area (Å²) in [5.41, 5.74) is 0. The van der Waals surface area contributed by atoms with Crippen LogP contribution in [0.3, 0.4) is 0 Å². The predicted molar refractivity (Wildman–Crippen MR) is 56.2 cm³/mol. The summed E-state index contributed by atoms with van der Waals surface area (Å²) >= 11 is 0. The molecule has 0 aromatic rings. The van der Waals surface area contributed by atoms with Crippen molar-refractivity contribution in [2.75, 3.05) is 6.54 Å². The molecule has 15 heavy (non-hydrogen) atoms. The van der Waals surface area contributed by atoms with E-state index in [4.69, 9.17) is 0 Å². The molecule has 1 unspecified atom stereocenters. The molecule has 0 aliphatic heterocycles.